The minimum atomic E-state index is -2.95. The third kappa shape index (κ3) is 4.31. The van der Waals surface area contributed by atoms with Gasteiger partial charge in [0.1, 0.15) is 5.69 Å². The van der Waals surface area contributed by atoms with E-state index in [0.717, 1.165) is 0 Å². The maximum absolute atomic E-state index is 14.7. The van der Waals surface area contributed by atoms with Crippen molar-refractivity contribution in [3.8, 4) is 22.8 Å². The van der Waals surface area contributed by atoms with E-state index >= 15 is 0 Å². The molecule has 3 aromatic rings. The van der Waals surface area contributed by atoms with Crippen molar-refractivity contribution >= 4 is 34.1 Å². The molecule has 0 aliphatic carbocycles. The number of benzene rings is 2. The Labute approximate surface area is 171 Å². The second-order valence-electron chi connectivity index (χ2n) is 5.65. The van der Waals surface area contributed by atoms with Crippen LogP contribution in [0.5, 0.6) is 11.5 Å². The number of halogens is 3. The summed E-state index contributed by atoms with van der Waals surface area (Å²) in [5, 5.41) is 6.49. The molecule has 1 aromatic heterocycles. The number of hydrogen-bond acceptors (Lipinski definition) is 6. The van der Waals surface area contributed by atoms with E-state index < -0.39 is 34.6 Å². The van der Waals surface area contributed by atoms with Gasteiger partial charge in [0.25, 0.3) is 5.56 Å². The Morgan fingerprint density at radius 3 is 2.28 bits per heavy atom. The van der Waals surface area contributed by atoms with Crippen molar-refractivity contribution in [3.05, 3.63) is 51.8 Å². The maximum Gasteiger partial charge on any atom is 0.272 e. The van der Waals surface area contributed by atoms with E-state index in [0.29, 0.717) is 0 Å². The van der Waals surface area contributed by atoms with E-state index in [1.165, 1.54) is 38.5 Å². The number of fused-ring (bicyclic) bond motifs is 1. The number of aromatic amines is 1. The summed E-state index contributed by atoms with van der Waals surface area (Å²) in [4.78, 5) is 12.1. The molecule has 0 saturated heterocycles. The fourth-order valence-corrected chi connectivity index (χ4v) is 3.05. The molecule has 3 rings (SSSR count). The van der Waals surface area contributed by atoms with Crippen LogP contribution in [0.25, 0.3) is 22.0 Å². The Kier molecular flexibility index (Phi) is 7.11. The molecule has 0 aliphatic heterocycles. The highest BCUT2D eigenvalue weighted by atomic mass is 35.5. The lowest BCUT2D eigenvalue weighted by atomic mass is 10.0. The molecule has 156 valence electrons. The van der Waals surface area contributed by atoms with Crippen LogP contribution in [-0.4, -0.2) is 32.8 Å². The zero-order valence-corrected chi connectivity index (χ0v) is 16.8. The molecular weight excluding hydrogens is 432 g/mol. The number of nitrogens with zero attached hydrogens (tertiary/aromatic N) is 1. The van der Waals surface area contributed by atoms with Gasteiger partial charge in [-0.15, -0.1) is 12.4 Å². The fourth-order valence-electron chi connectivity index (χ4n) is 2.75. The lowest BCUT2D eigenvalue weighted by molar-refractivity contribution is 0.356. The van der Waals surface area contributed by atoms with Crippen LogP contribution in [0, 0.1) is 11.6 Å². The summed E-state index contributed by atoms with van der Waals surface area (Å²) >= 11 is 0. The third-order valence-electron chi connectivity index (χ3n) is 4.11. The quantitative estimate of drug-likeness (QED) is 0.498. The van der Waals surface area contributed by atoms with Gasteiger partial charge in [0.05, 0.1) is 19.6 Å². The average molecular weight is 448 g/mol. The van der Waals surface area contributed by atoms with Crippen LogP contribution in [0.2, 0.25) is 0 Å². The van der Waals surface area contributed by atoms with Crippen LogP contribution in [0.4, 0.5) is 8.78 Å². The van der Waals surface area contributed by atoms with Crippen molar-refractivity contribution in [3.63, 3.8) is 0 Å². The van der Waals surface area contributed by atoms with Gasteiger partial charge in [0, 0.05) is 23.1 Å². The summed E-state index contributed by atoms with van der Waals surface area (Å²) in [6.45, 7) is -0.396. The van der Waals surface area contributed by atoms with Gasteiger partial charge in [0.15, 0.2) is 23.1 Å². The smallest absolute Gasteiger partial charge is 0.272 e. The molecule has 12 heteroatoms. The molecule has 1 heterocycles. The molecule has 0 amide bonds. The van der Waals surface area contributed by atoms with E-state index in [2.05, 4.69) is 10.2 Å². The fraction of sp³-hybridized carbons (Fsp3) is 0.176. The second-order valence-corrected chi connectivity index (χ2v) is 6.48. The van der Waals surface area contributed by atoms with Gasteiger partial charge in [-0.2, -0.15) is 5.10 Å². The number of thiol groups is 1. The lowest BCUT2D eigenvalue weighted by Crippen LogP contribution is -2.13. The molecule has 0 radical (unpaired) electrons. The van der Waals surface area contributed by atoms with Crippen molar-refractivity contribution in [1.82, 2.24) is 14.9 Å². The summed E-state index contributed by atoms with van der Waals surface area (Å²) in [6.07, 6.45) is 0. The molecule has 2 N–H and O–H groups in total. The highest BCUT2D eigenvalue weighted by molar-refractivity contribution is 7.70. The predicted molar refractivity (Wildman–Crippen MR) is 105 cm³/mol. The van der Waals surface area contributed by atoms with E-state index in [1.807, 2.05) is 4.72 Å². The first kappa shape index (κ1) is 22.5. The van der Waals surface area contributed by atoms with Gasteiger partial charge in [-0.25, -0.2) is 27.0 Å². The molecule has 0 fully saturated rings. The third-order valence-corrected chi connectivity index (χ3v) is 4.53. The minimum Gasteiger partial charge on any atom is -0.493 e. The minimum absolute atomic E-state index is 0. The number of H-pyrrole nitrogens is 1. The zero-order valence-electron chi connectivity index (χ0n) is 15.1. The molecule has 29 heavy (non-hydrogen) atoms. The number of rotatable bonds is 6. The van der Waals surface area contributed by atoms with Crippen LogP contribution in [0.15, 0.2) is 29.1 Å². The van der Waals surface area contributed by atoms with Crippen LogP contribution >= 0.6 is 12.4 Å². The normalized spacial score (nSPS) is 10.8. The molecule has 0 atom stereocenters. The maximum atomic E-state index is 14.7. The van der Waals surface area contributed by atoms with Gasteiger partial charge >= 0.3 is 0 Å². The average Bonchev–Trinajstić information content (AvgIpc) is 2.69. The zero-order chi connectivity index (χ0) is 20.4. The Morgan fingerprint density at radius 2 is 1.69 bits per heavy atom. The summed E-state index contributed by atoms with van der Waals surface area (Å²) < 4.78 is 62.6. The van der Waals surface area contributed by atoms with E-state index in [4.69, 9.17) is 9.47 Å². The van der Waals surface area contributed by atoms with Crippen molar-refractivity contribution in [1.29, 1.82) is 0 Å². The molecule has 0 spiro atoms. The topological polar surface area (TPSA) is 110 Å². The number of nitrogens with one attached hydrogen (secondary N) is 2. The summed E-state index contributed by atoms with van der Waals surface area (Å²) in [5.74, 6) is -1.87. The molecule has 2 aromatic carbocycles. The van der Waals surface area contributed by atoms with Crippen molar-refractivity contribution in [2.45, 2.75) is 6.54 Å². The number of methoxy groups -OCH3 is 2. The standard InChI is InChI=1S/C17H15F2N3O5S.ClH/c1-26-12-5-10-11(6-13(12)27-2)17(23)22-21-16(10)9-4-3-8(7-20-28(24)25)14(18)15(9)19;/h3-6,28H,7H2,1-2H3,(H,22,23)(H,20,24,25);1H. The molecule has 0 bridgehead atoms. The van der Waals surface area contributed by atoms with Crippen LogP contribution in [-0.2, 0) is 17.4 Å². The van der Waals surface area contributed by atoms with E-state index in [-0.39, 0.29) is 51.5 Å². The van der Waals surface area contributed by atoms with E-state index in [1.54, 1.807) is 0 Å². The predicted octanol–water partition coefficient (Wildman–Crippen LogP) is 1.92. The Hall–Kier alpha value is -2.76. The van der Waals surface area contributed by atoms with Gasteiger partial charge in [-0.3, -0.25) is 4.79 Å². The molecule has 0 saturated carbocycles. The molecule has 0 aliphatic rings. The van der Waals surface area contributed by atoms with Gasteiger partial charge in [-0.05, 0) is 18.2 Å². The lowest BCUT2D eigenvalue weighted by Gasteiger charge is -2.12. The Bertz CT molecular complexity index is 1190. The van der Waals surface area contributed by atoms with Gasteiger partial charge in [-0.1, -0.05) is 6.07 Å². The van der Waals surface area contributed by atoms with Crippen LogP contribution in [0.1, 0.15) is 5.56 Å². The Balaban J connectivity index is 0.00000300. The highest BCUT2D eigenvalue weighted by Gasteiger charge is 2.20. The molecule has 0 unspecified atom stereocenters. The van der Waals surface area contributed by atoms with Crippen LogP contribution < -0.4 is 19.8 Å². The highest BCUT2D eigenvalue weighted by Crippen LogP contribution is 2.35. The number of hydrogen-bond donors (Lipinski definition) is 3. The number of aromatic nitrogens is 2. The summed E-state index contributed by atoms with van der Waals surface area (Å²) in [6, 6.07) is 5.35. The first-order valence-corrected chi connectivity index (χ1v) is 9.04. The summed E-state index contributed by atoms with van der Waals surface area (Å²) in [7, 11) is -0.156. The first-order valence-electron chi connectivity index (χ1n) is 7.87. The molecule has 8 nitrogen and oxygen atoms in total. The van der Waals surface area contributed by atoms with Crippen molar-refractivity contribution in [2.75, 3.05) is 14.2 Å². The van der Waals surface area contributed by atoms with E-state index in [9.17, 15) is 22.0 Å². The van der Waals surface area contributed by atoms with Gasteiger partial charge in [0.2, 0.25) is 10.9 Å². The SMILES string of the molecule is COc1cc2c(-c3ccc(CN[SH](=O)=O)c(F)c3F)n[nH]c(=O)c2cc1OC.Cl. The first-order chi connectivity index (χ1) is 13.4. The Morgan fingerprint density at radius 1 is 1.07 bits per heavy atom. The van der Waals surface area contributed by atoms with Crippen molar-refractivity contribution in [2.24, 2.45) is 0 Å². The van der Waals surface area contributed by atoms with Crippen LogP contribution in [0.3, 0.4) is 0 Å². The monoisotopic (exact) mass is 447 g/mol. The molecular formula is C17H16ClF2N3O5S. The van der Waals surface area contributed by atoms with Gasteiger partial charge < -0.3 is 9.47 Å². The summed E-state index contributed by atoms with van der Waals surface area (Å²) in [5.41, 5.74) is -0.934. The number of ether oxygens (including phenoxy) is 2. The second kappa shape index (κ2) is 9.16. The largest absolute Gasteiger partial charge is 0.493 e. The van der Waals surface area contributed by atoms with Crippen molar-refractivity contribution < 1.29 is 26.7 Å².